The van der Waals surface area contributed by atoms with E-state index in [0.29, 0.717) is 5.75 Å². The highest BCUT2D eigenvalue weighted by atomic mass is 79.9. The average Bonchev–Trinajstić information content (AvgIpc) is 2.31. The minimum atomic E-state index is -0.920. The fourth-order valence-electron chi connectivity index (χ4n) is 2.38. The first kappa shape index (κ1) is 14.7. The SMILES string of the molecule is CC1(C)CCSCC1(Nc1cccc(Br)c1)C(=O)O. The van der Waals surface area contributed by atoms with Crippen molar-refractivity contribution in [2.75, 3.05) is 16.8 Å². The van der Waals surface area contributed by atoms with E-state index < -0.39 is 11.5 Å². The highest BCUT2D eigenvalue weighted by Crippen LogP contribution is 2.44. The summed E-state index contributed by atoms with van der Waals surface area (Å²) in [5, 5.41) is 13.0. The molecule has 1 aliphatic rings. The third-order valence-electron chi connectivity index (χ3n) is 3.89. The molecule has 1 saturated heterocycles. The molecule has 1 aliphatic heterocycles. The third-order valence-corrected chi connectivity index (χ3v) is 5.52. The van der Waals surface area contributed by atoms with E-state index in [-0.39, 0.29) is 5.41 Å². The van der Waals surface area contributed by atoms with Gasteiger partial charge in [0.05, 0.1) is 0 Å². The molecule has 1 fully saturated rings. The lowest BCUT2D eigenvalue weighted by Gasteiger charge is -2.47. The number of anilines is 1. The maximum absolute atomic E-state index is 11.9. The Morgan fingerprint density at radius 1 is 1.47 bits per heavy atom. The van der Waals surface area contributed by atoms with Gasteiger partial charge in [0.1, 0.15) is 5.54 Å². The molecule has 19 heavy (non-hydrogen) atoms. The standard InChI is InChI=1S/C14H18BrNO2S/c1-13(2)6-7-19-9-14(13,12(17)18)16-11-5-3-4-10(15)8-11/h3-5,8,16H,6-7,9H2,1-2H3,(H,17,18). The van der Waals surface area contributed by atoms with Gasteiger partial charge in [0, 0.05) is 21.3 Å². The molecule has 3 nitrogen and oxygen atoms in total. The van der Waals surface area contributed by atoms with Gasteiger partial charge in [0.25, 0.3) is 0 Å². The number of carboxylic acid groups (broad SMARTS) is 1. The summed E-state index contributed by atoms with van der Waals surface area (Å²) < 4.78 is 0.944. The summed E-state index contributed by atoms with van der Waals surface area (Å²) in [5.74, 6) is 0.828. The molecule has 0 saturated carbocycles. The van der Waals surface area contributed by atoms with Crippen molar-refractivity contribution in [1.82, 2.24) is 0 Å². The quantitative estimate of drug-likeness (QED) is 0.875. The molecule has 1 atom stereocenters. The number of carboxylic acids is 1. The van der Waals surface area contributed by atoms with Gasteiger partial charge in [-0.25, -0.2) is 4.79 Å². The van der Waals surface area contributed by atoms with Crippen molar-refractivity contribution >= 4 is 39.3 Å². The number of hydrogen-bond acceptors (Lipinski definition) is 3. The van der Waals surface area contributed by atoms with Gasteiger partial charge >= 0.3 is 5.97 Å². The number of halogens is 1. The van der Waals surface area contributed by atoms with Gasteiger partial charge in [-0.05, 0) is 30.4 Å². The highest BCUT2D eigenvalue weighted by molar-refractivity contribution is 9.10. The van der Waals surface area contributed by atoms with E-state index in [1.165, 1.54) is 0 Å². The van der Waals surface area contributed by atoms with Crippen LogP contribution in [0.1, 0.15) is 20.3 Å². The van der Waals surface area contributed by atoms with Crippen molar-refractivity contribution in [3.63, 3.8) is 0 Å². The molecular weight excluding hydrogens is 326 g/mol. The molecule has 0 aromatic heterocycles. The smallest absolute Gasteiger partial charge is 0.330 e. The topological polar surface area (TPSA) is 49.3 Å². The van der Waals surface area contributed by atoms with Crippen molar-refractivity contribution in [3.05, 3.63) is 28.7 Å². The van der Waals surface area contributed by atoms with E-state index in [2.05, 4.69) is 21.2 Å². The second-order valence-corrected chi connectivity index (χ2v) is 7.55. The van der Waals surface area contributed by atoms with Crippen LogP contribution in [0.4, 0.5) is 5.69 Å². The number of rotatable bonds is 3. The molecule has 1 aromatic carbocycles. The first-order valence-electron chi connectivity index (χ1n) is 6.22. The molecule has 2 N–H and O–H groups in total. The molecule has 0 aliphatic carbocycles. The summed E-state index contributed by atoms with van der Waals surface area (Å²) in [7, 11) is 0. The van der Waals surface area contributed by atoms with Crippen LogP contribution in [0.15, 0.2) is 28.7 Å². The Morgan fingerprint density at radius 2 is 2.21 bits per heavy atom. The molecule has 5 heteroatoms. The van der Waals surface area contributed by atoms with Gasteiger partial charge in [-0.1, -0.05) is 35.8 Å². The van der Waals surface area contributed by atoms with Crippen LogP contribution >= 0.6 is 27.7 Å². The summed E-state index contributed by atoms with van der Waals surface area (Å²) in [6.45, 7) is 4.07. The van der Waals surface area contributed by atoms with E-state index in [4.69, 9.17) is 0 Å². The number of thioether (sulfide) groups is 1. The molecule has 1 aromatic rings. The number of nitrogens with one attached hydrogen (secondary N) is 1. The first-order chi connectivity index (χ1) is 8.87. The van der Waals surface area contributed by atoms with Gasteiger partial charge < -0.3 is 10.4 Å². The lowest BCUT2D eigenvalue weighted by Crippen LogP contribution is -2.61. The second kappa shape index (κ2) is 5.37. The monoisotopic (exact) mass is 343 g/mol. The molecule has 1 unspecified atom stereocenters. The average molecular weight is 344 g/mol. The number of aliphatic carboxylic acids is 1. The molecule has 1 heterocycles. The number of hydrogen-bond donors (Lipinski definition) is 2. The lowest BCUT2D eigenvalue weighted by molar-refractivity contribution is -0.145. The van der Waals surface area contributed by atoms with Gasteiger partial charge in [0.15, 0.2) is 0 Å². The Labute approximate surface area is 126 Å². The lowest BCUT2D eigenvalue weighted by atomic mass is 9.70. The minimum Gasteiger partial charge on any atom is -0.479 e. The second-order valence-electron chi connectivity index (χ2n) is 5.53. The Morgan fingerprint density at radius 3 is 2.79 bits per heavy atom. The maximum atomic E-state index is 11.9. The van der Waals surface area contributed by atoms with E-state index in [1.54, 1.807) is 11.8 Å². The van der Waals surface area contributed by atoms with Crippen LogP contribution in [-0.2, 0) is 4.79 Å². The molecule has 0 radical (unpaired) electrons. The molecule has 104 valence electrons. The minimum absolute atomic E-state index is 0.285. The Hall–Kier alpha value is -0.680. The zero-order valence-corrected chi connectivity index (χ0v) is 13.5. The van der Waals surface area contributed by atoms with Crippen LogP contribution in [0, 0.1) is 5.41 Å². The summed E-state index contributed by atoms with van der Waals surface area (Å²) in [5.41, 5.74) is -0.365. The highest BCUT2D eigenvalue weighted by Gasteiger charge is 2.53. The van der Waals surface area contributed by atoms with Gasteiger partial charge in [-0.3, -0.25) is 0 Å². The number of carbonyl (C=O) groups is 1. The van der Waals surface area contributed by atoms with E-state index in [0.717, 1.165) is 22.3 Å². The summed E-state index contributed by atoms with van der Waals surface area (Å²) >= 11 is 5.12. The van der Waals surface area contributed by atoms with Crippen LogP contribution in [0.5, 0.6) is 0 Å². The summed E-state index contributed by atoms with van der Waals surface area (Å²) in [6.07, 6.45) is 0.894. The molecule has 0 spiro atoms. The fraction of sp³-hybridized carbons (Fsp3) is 0.500. The first-order valence-corrected chi connectivity index (χ1v) is 8.17. The van der Waals surface area contributed by atoms with Crippen LogP contribution in [0.2, 0.25) is 0 Å². The van der Waals surface area contributed by atoms with Crippen molar-refractivity contribution in [1.29, 1.82) is 0 Å². The summed E-state index contributed by atoms with van der Waals surface area (Å²) in [6, 6.07) is 7.66. The summed E-state index contributed by atoms with van der Waals surface area (Å²) in [4.78, 5) is 11.9. The Kier molecular flexibility index (Phi) is 4.16. The van der Waals surface area contributed by atoms with E-state index in [1.807, 2.05) is 38.1 Å². The Bertz CT molecular complexity index is 492. The largest absolute Gasteiger partial charge is 0.479 e. The molecular formula is C14H18BrNO2S. The van der Waals surface area contributed by atoms with E-state index >= 15 is 0 Å². The van der Waals surface area contributed by atoms with Gasteiger partial charge in [-0.15, -0.1) is 0 Å². The number of benzene rings is 1. The van der Waals surface area contributed by atoms with Gasteiger partial charge in [0.2, 0.25) is 0 Å². The van der Waals surface area contributed by atoms with Crippen LogP contribution in [0.3, 0.4) is 0 Å². The molecule has 2 rings (SSSR count). The van der Waals surface area contributed by atoms with Crippen LogP contribution in [0.25, 0.3) is 0 Å². The predicted octanol–water partition coefficient (Wildman–Crippen LogP) is 3.85. The fourth-order valence-corrected chi connectivity index (χ4v) is 4.47. The zero-order chi connectivity index (χ0) is 14.1. The van der Waals surface area contributed by atoms with Crippen molar-refractivity contribution in [3.8, 4) is 0 Å². The Balaban J connectivity index is 2.37. The van der Waals surface area contributed by atoms with Crippen LogP contribution in [-0.4, -0.2) is 28.1 Å². The molecule has 0 amide bonds. The zero-order valence-electron chi connectivity index (χ0n) is 11.1. The predicted molar refractivity (Wildman–Crippen MR) is 83.9 cm³/mol. The van der Waals surface area contributed by atoms with Crippen LogP contribution < -0.4 is 5.32 Å². The van der Waals surface area contributed by atoms with Crippen molar-refractivity contribution < 1.29 is 9.90 Å². The molecule has 0 bridgehead atoms. The van der Waals surface area contributed by atoms with E-state index in [9.17, 15) is 9.90 Å². The maximum Gasteiger partial charge on any atom is 0.330 e. The van der Waals surface area contributed by atoms with Gasteiger partial charge in [-0.2, -0.15) is 11.8 Å². The van der Waals surface area contributed by atoms with Crippen molar-refractivity contribution in [2.24, 2.45) is 5.41 Å². The third kappa shape index (κ3) is 2.77. The van der Waals surface area contributed by atoms with Crippen molar-refractivity contribution in [2.45, 2.75) is 25.8 Å². The normalized spacial score (nSPS) is 25.8.